The summed E-state index contributed by atoms with van der Waals surface area (Å²) in [5.74, 6) is -1.03. The maximum Gasteiger partial charge on any atom is 0.304 e. The molecular formula is C13H23N3O4S. The van der Waals surface area contributed by atoms with Crippen LogP contribution in [0.3, 0.4) is 0 Å². The molecule has 7 nitrogen and oxygen atoms in total. The first-order chi connectivity index (χ1) is 9.42. The standard InChI is InChI=1S/C13H23N3O4S/c1-8-12(9(2)15-14-8)21(19,20)16-10(6-11(17)18)7-13(3,4)5/h10,16H,6-7H2,1-5H3,(H,14,15)(H,17,18). The summed E-state index contributed by atoms with van der Waals surface area (Å²) in [7, 11) is -3.80. The molecule has 0 aliphatic carbocycles. The van der Waals surface area contributed by atoms with E-state index in [0.717, 1.165) is 0 Å². The number of nitrogens with one attached hydrogen (secondary N) is 2. The van der Waals surface area contributed by atoms with Gasteiger partial charge in [0.05, 0.1) is 17.8 Å². The second-order valence-electron chi connectivity index (χ2n) is 6.44. The molecule has 0 spiro atoms. The highest BCUT2D eigenvalue weighted by molar-refractivity contribution is 7.89. The predicted octanol–water partition coefficient (Wildman–Crippen LogP) is 1.58. The molecule has 1 aromatic heterocycles. The van der Waals surface area contributed by atoms with Crippen LogP contribution >= 0.6 is 0 Å². The van der Waals surface area contributed by atoms with Gasteiger partial charge in [0.15, 0.2) is 0 Å². The molecule has 0 aromatic carbocycles. The molecule has 0 amide bonds. The Morgan fingerprint density at radius 1 is 1.38 bits per heavy atom. The van der Waals surface area contributed by atoms with Gasteiger partial charge in [-0.3, -0.25) is 9.89 Å². The zero-order valence-electron chi connectivity index (χ0n) is 13.0. The number of nitrogens with zero attached hydrogens (tertiary/aromatic N) is 1. The van der Waals surface area contributed by atoms with Crippen LogP contribution in [0.1, 0.15) is 45.0 Å². The maximum absolute atomic E-state index is 12.4. The van der Waals surface area contributed by atoms with Crippen LogP contribution in [-0.4, -0.2) is 35.7 Å². The molecule has 0 aliphatic rings. The molecule has 1 aromatic rings. The summed E-state index contributed by atoms with van der Waals surface area (Å²) in [4.78, 5) is 11.0. The lowest BCUT2D eigenvalue weighted by Crippen LogP contribution is -2.39. The Bertz CT molecular complexity index is 594. The molecule has 1 atom stereocenters. The number of carboxylic acids is 1. The van der Waals surface area contributed by atoms with Gasteiger partial charge in [-0.15, -0.1) is 0 Å². The van der Waals surface area contributed by atoms with E-state index in [1.165, 1.54) is 0 Å². The van der Waals surface area contributed by atoms with Crippen molar-refractivity contribution in [2.24, 2.45) is 5.41 Å². The van der Waals surface area contributed by atoms with Crippen LogP contribution in [0.15, 0.2) is 4.90 Å². The number of hydrogen-bond donors (Lipinski definition) is 3. The molecule has 1 rings (SSSR count). The second kappa shape index (κ2) is 6.15. The molecule has 21 heavy (non-hydrogen) atoms. The van der Waals surface area contributed by atoms with Crippen LogP contribution in [-0.2, 0) is 14.8 Å². The first-order valence-electron chi connectivity index (χ1n) is 6.68. The van der Waals surface area contributed by atoms with Crippen molar-refractivity contribution < 1.29 is 18.3 Å². The number of hydrogen-bond acceptors (Lipinski definition) is 4. The van der Waals surface area contributed by atoms with Gasteiger partial charge in [-0.1, -0.05) is 20.8 Å². The Labute approximate surface area is 125 Å². The van der Waals surface area contributed by atoms with Crippen molar-refractivity contribution in [3.63, 3.8) is 0 Å². The number of H-pyrrole nitrogens is 1. The third-order valence-electron chi connectivity index (χ3n) is 2.93. The Kier molecular flexibility index (Phi) is 5.16. The average molecular weight is 317 g/mol. The quantitative estimate of drug-likeness (QED) is 0.737. The number of carboxylic acid groups (broad SMARTS) is 1. The topological polar surface area (TPSA) is 112 Å². The first-order valence-corrected chi connectivity index (χ1v) is 8.16. The maximum atomic E-state index is 12.4. The smallest absolute Gasteiger partial charge is 0.304 e. The van der Waals surface area contributed by atoms with Crippen LogP contribution in [0.25, 0.3) is 0 Å². The molecule has 0 fully saturated rings. The number of aryl methyl sites for hydroxylation is 2. The van der Waals surface area contributed by atoms with Crippen molar-refractivity contribution in [3.8, 4) is 0 Å². The number of carbonyl (C=O) groups is 1. The fourth-order valence-electron chi connectivity index (χ4n) is 2.32. The van der Waals surface area contributed by atoms with E-state index in [9.17, 15) is 13.2 Å². The summed E-state index contributed by atoms with van der Waals surface area (Å²) in [5, 5.41) is 15.4. The number of aromatic nitrogens is 2. The van der Waals surface area contributed by atoms with Crippen molar-refractivity contribution in [2.45, 2.75) is 58.4 Å². The van der Waals surface area contributed by atoms with Gasteiger partial charge < -0.3 is 5.11 Å². The van der Waals surface area contributed by atoms with Crippen molar-refractivity contribution in [3.05, 3.63) is 11.4 Å². The Hall–Kier alpha value is -1.41. The highest BCUT2D eigenvalue weighted by Crippen LogP contribution is 2.24. The van der Waals surface area contributed by atoms with Gasteiger partial charge in [-0.25, -0.2) is 13.1 Å². The van der Waals surface area contributed by atoms with E-state index in [4.69, 9.17) is 5.11 Å². The van der Waals surface area contributed by atoms with Gasteiger partial charge in [0, 0.05) is 6.04 Å². The Balaban J connectivity index is 3.04. The molecule has 1 unspecified atom stereocenters. The molecule has 0 radical (unpaired) electrons. The average Bonchev–Trinajstić information content (AvgIpc) is 2.54. The summed E-state index contributed by atoms with van der Waals surface area (Å²) in [6.07, 6.45) is 0.168. The molecule has 0 aliphatic heterocycles. The SMILES string of the molecule is Cc1n[nH]c(C)c1S(=O)(=O)NC(CC(=O)O)CC(C)(C)C. The molecule has 3 N–H and O–H groups in total. The minimum Gasteiger partial charge on any atom is -0.481 e. The first kappa shape index (κ1) is 17.6. The molecule has 1 heterocycles. The summed E-state index contributed by atoms with van der Waals surface area (Å²) < 4.78 is 27.4. The molecular weight excluding hydrogens is 294 g/mol. The Morgan fingerprint density at radius 2 is 1.95 bits per heavy atom. The van der Waals surface area contributed by atoms with Gasteiger partial charge in [0.25, 0.3) is 0 Å². The van der Waals surface area contributed by atoms with E-state index in [-0.39, 0.29) is 16.7 Å². The lowest BCUT2D eigenvalue weighted by molar-refractivity contribution is -0.137. The van der Waals surface area contributed by atoms with Crippen molar-refractivity contribution in [2.75, 3.05) is 0 Å². The lowest BCUT2D eigenvalue weighted by atomic mass is 9.87. The van der Waals surface area contributed by atoms with Crippen LogP contribution in [0, 0.1) is 19.3 Å². The third-order valence-corrected chi connectivity index (χ3v) is 4.71. The van der Waals surface area contributed by atoms with E-state index in [1.807, 2.05) is 20.8 Å². The molecule has 120 valence electrons. The van der Waals surface area contributed by atoms with Gasteiger partial charge in [0.2, 0.25) is 10.0 Å². The summed E-state index contributed by atoms with van der Waals surface area (Å²) in [6, 6.07) is -0.666. The van der Waals surface area contributed by atoms with E-state index in [1.54, 1.807) is 13.8 Å². The highest BCUT2D eigenvalue weighted by Gasteiger charge is 2.29. The number of rotatable bonds is 6. The van der Waals surface area contributed by atoms with E-state index in [0.29, 0.717) is 17.8 Å². The van der Waals surface area contributed by atoms with Gasteiger partial charge in [-0.05, 0) is 25.7 Å². The second-order valence-corrected chi connectivity index (χ2v) is 8.09. The van der Waals surface area contributed by atoms with Crippen LogP contribution in [0.5, 0.6) is 0 Å². The molecule has 0 saturated heterocycles. The summed E-state index contributed by atoms with van der Waals surface area (Å²) in [6.45, 7) is 9.01. The fraction of sp³-hybridized carbons (Fsp3) is 0.692. The van der Waals surface area contributed by atoms with E-state index in [2.05, 4.69) is 14.9 Å². The van der Waals surface area contributed by atoms with E-state index >= 15 is 0 Å². The zero-order valence-corrected chi connectivity index (χ0v) is 13.8. The lowest BCUT2D eigenvalue weighted by Gasteiger charge is -2.25. The molecule has 8 heteroatoms. The van der Waals surface area contributed by atoms with E-state index < -0.39 is 22.0 Å². The largest absolute Gasteiger partial charge is 0.481 e. The number of aliphatic carboxylic acids is 1. The zero-order chi connectivity index (χ0) is 16.4. The minimum absolute atomic E-state index is 0.0896. The minimum atomic E-state index is -3.80. The highest BCUT2D eigenvalue weighted by atomic mass is 32.2. The fourth-order valence-corrected chi connectivity index (χ4v) is 3.93. The predicted molar refractivity (Wildman–Crippen MR) is 78.5 cm³/mol. The molecule has 0 saturated carbocycles. The van der Waals surface area contributed by atoms with Crippen molar-refractivity contribution in [1.29, 1.82) is 0 Å². The van der Waals surface area contributed by atoms with Gasteiger partial charge in [-0.2, -0.15) is 5.10 Å². The van der Waals surface area contributed by atoms with Crippen LogP contribution in [0.4, 0.5) is 0 Å². The van der Waals surface area contributed by atoms with Gasteiger partial charge in [0.1, 0.15) is 4.90 Å². The third kappa shape index (κ3) is 5.13. The van der Waals surface area contributed by atoms with Crippen molar-refractivity contribution >= 4 is 16.0 Å². The normalized spacial score (nSPS) is 14.1. The number of aromatic amines is 1. The van der Waals surface area contributed by atoms with Crippen LogP contribution < -0.4 is 4.72 Å². The summed E-state index contributed by atoms with van der Waals surface area (Å²) in [5.41, 5.74) is 0.609. The Morgan fingerprint density at radius 3 is 2.33 bits per heavy atom. The van der Waals surface area contributed by atoms with Crippen LogP contribution in [0.2, 0.25) is 0 Å². The monoisotopic (exact) mass is 317 g/mol. The van der Waals surface area contributed by atoms with Gasteiger partial charge >= 0.3 is 5.97 Å². The summed E-state index contributed by atoms with van der Waals surface area (Å²) >= 11 is 0. The molecule has 0 bridgehead atoms. The van der Waals surface area contributed by atoms with Crippen molar-refractivity contribution in [1.82, 2.24) is 14.9 Å². The number of sulfonamides is 1.